The summed E-state index contributed by atoms with van der Waals surface area (Å²) < 4.78 is 34.3. The van der Waals surface area contributed by atoms with E-state index in [1.54, 1.807) is 6.08 Å². The molecule has 19 nitrogen and oxygen atoms in total. The number of amides is 1. The Morgan fingerprint density at radius 1 is 0.398 bits per heavy atom. The first-order valence-electron chi connectivity index (χ1n) is 34.9. The Kier molecular flexibility index (Phi) is 46.5. The highest BCUT2D eigenvalue weighted by Crippen LogP contribution is 2.33. The Morgan fingerprint density at radius 2 is 0.727 bits per heavy atom. The van der Waals surface area contributed by atoms with Crippen molar-refractivity contribution in [1.82, 2.24) is 5.32 Å². The molecule has 0 saturated carbocycles. The minimum Gasteiger partial charge on any atom is -0.394 e. The molecule has 1 amide bonds. The fourth-order valence-corrected chi connectivity index (χ4v) is 11.6. The summed E-state index contributed by atoms with van der Waals surface area (Å²) in [5, 5.41) is 120. The molecule has 3 heterocycles. The Bertz CT molecular complexity index is 1790. The molecule has 514 valence electrons. The van der Waals surface area contributed by atoms with Crippen LogP contribution in [0.2, 0.25) is 0 Å². The molecule has 3 saturated heterocycles. The van der Waals surface area contributed by atoms with Gasteiger partial charge >= 0.3 is 0 Å². The standard InChI is InChI=1S/C69H125NO18/c1-3-5-7-9-11-13-15-17-19-21-23-25-26-27-29-31-33-35-37-39-41-43-45-47-57(75)70-52(53(74)46-44-42-40-38-36-34-32-30-28-24-22-20-18-16-14-12-10-8-6-4-2)51-83-67-63(81)60(78)65(55(49-72)85-67)88-69-64(82)61(79)66(56(50-73)86-69)87-68-62(80)59(77)58(76)54(48-71)84-68/h21,23,28,30,36,38,44,46,52-56,58-69,71-74,76-82H,3-20,22,24-27,29,31-35,37,39-43,45,47-51H2,1-2H3,(H,70,75)/b23-21-,30-28+,38-36+,46-44+. The van der Waals surface area contributed by atoms with Crippen LogP contribution in [0.15, 0.2) is 48.6 Å². The topological polar surface area (TPSA) is 307 Å². The summed E-state index contributed by atoms with van der Waals surface area (Å²) >= 11 is 0. The highest BCUT2D eigenvalue weighted by Gasteiger charge is 2.53. The summed E-state index contributed by atoms with van der Waals surface area (Å²) in [6, 6.07) is -0.997. The van der Waals surface area contributed by atoms with Gasteiger partial charge in [-0.1, -0.05) is 223 Å². The van der Waals surface area contributed by atoms with Gasteiger partial charge in [0, 0.05) is 6.42 Å². The van der Waals surface area contributed by atoms with Gasteiger partial charge in [0.15, 0.2) is 18.9 Å². The Morgan fingerprint density at radius 3 is 1.14 bits per heavy atom. The van der Waals surface area contributed by atoms with E-state index >= 15 is 0 Å². The predicted octanol–water partition coefficient (Wildman–Crippen LogP) is 9.00. The van der Waals surface area contributed by atoms with Crippen molar-refractivity contribution in [2.75, 3.05) is 26.4 Å². The maximum absolute atomic E-state index is 13.4. The monoisotopic (exact) mass is 1260 g/mol. The molecule has 0 aliphatic carbocycles. The van der Waals surface area contributed by atoms with Crippen molar-refractivity contribution in [3.63, 3.8) is 0 Å². The summed E-state index contributed by atoms with van der Waals surface area (Å²) in [7, 11) is 0. The number of ether oxygens (including phenoxy) is 6. The van der Waals surface area contributed by atoms with Crippen LogP contribution in [0, 0.1) is 0 Å². The Balaban J connectivity index is 1.46. The molecule has 3 rings (SSSR count). The smallest absolute Gasteiger partial charge is 0.220 e. The predicted molar refractivity (Wildman–Crippen MR) is 342 cm³/mol. The number of carbonyl (C=O) groups is 1. The average molecular weight is 1260 g/mol. The molecule has 19 heteroatoms. The van der Waals surface area contributed by atoms with Crippen LogP contribution < -0.4 is 5.32 Å². The number of aliphatic hydroxyl groups excluding tert-OH is 11. The number of nitrogens with one attached hydrogen (secondary N) is 1. The molecule has 3 aliphatic rings. The molecule has 17 atom stereocenters. The first-order valence-corrected chi connectivity index (χ1v) is 34.9. The molecule has 17 unspecified atom stereocenters. The fraction of sp³-hybridized carbons (Fsp3) is 0.870. The Labute approximate surface area is 529 Å². The minimum atomic E-state index is -1.98. The SMILES string of the molecule is CCCCCCCCCC/C=C\CCCCCCCCCCCCCC(=O)NC(COC1OC(CO)C(OC2OC(CO)C(OC3OC(CO)C(O)C(O)C3O)C(O)C2O)C(O)C1O)C(O)/C=C/CC/C=C/CC/C=C/CCCCCCCCCCCC. The van der Waals surface area contributed by atoms with Crippen molar-refractivity contribution in [2.45, 2.75) is 356 Å². The molecule has 12 N–H and O–H groups in total. The van der Waals surface area contributed by atoms with Crippen LogP contribution >= 0.6 is 0 Å². The van der Waals surface area contributed by atoms with Gasteiger partial charge in [0.1, 0.15) is 73.2 Å². The van der Waals surface area contributed by atoms with Gasteiger partial charge in [0.2, 0.25) is 5.91 Å². The zero-order valence-corrected chi connectivity index (χ0v) is 54.2. The van der Waals surface area contributed by atoms with E-state index in [-0.39, 0.29) is 18.9 Å². The van der Waals surface area contributed by atoms with E-state index < -0.39 is 124 Å². The van der Waals surface area contributed by atoms with Gasteiger partial charge in [-0.05, 0) is 70.6 Å². The molecule has 3 aliphatic heterocycles. The number of aliphatic hydroxyl groups is 11. The van der Waals surface area contributed by atoms with Gasteiger partial charge in [-0.2, -0.15) is 0 Å². The van der Waals surface area contributed by atoms with Gasteiger partial charge in [-0.3, -0.25) is 4.79 Å². The summed E-state index contributed by atoms with van der Waals surface area (Å²) in [6.45, 7) is 1.72. The third-order valence-corrected chi connectivity index (χ3v) is 17.3. The lowest BCUT2D eigenvalue weighted by molar-refractivity contribution is -0.379. The second kappa shape index (κ2) is 51.2. The van der Waals surface area contributed by atoms with Crippen LogP contribution in [-0.2, 0) is 33.2 Å². The lowest BCUT2D eigenvalue weighted by Crippen LogP contribution is -2.66. The average Bonchev–Trinajstić information content (AvgIpc) is 3.71. The van der Waals surface area contributed by atoms with Gasteiger partial charge in [0.25, 0.3) is 0 Å². The molecular formula is C69H125NO18. The molecule has 88 heavy (non-hydrogen) atoms. The number of rotatable bonds is 53. The van der Waals surface area contributed by atoms with E-state index in [1.807, 2.05) is 6.08 Å². The highest BCUT2D eigenvalue weighted by molar-refractivity contribution is 5.76. The number of unbranched alkanes of at least 4 members (excludes halogenated alkanes) is 31. The van der Waals surface area contributed by atoms with E-state index in [0.717, 1.165) is 44.9 Å². The lowest BCUT2D eigenvalue weighted by atomic mass is 9.96. The normalized spacial score (nSPS) is 28.7. The summed E-state index contributed by atoms with van der Waals surface area (Å²) in [5.41, 5.74) is 0. The molecule has 0 radical (unpaired) electrons. The zero-order valence-electron chi connectivity index (χ0n) is 54.2. The van der Waals surface area contributed by atoms with E-state index in [1.165, 1.54) is 173 Å². The molecule has 0 aromatic heterocycles. The van der Waals surface area contributed by atoms with Crippen LogP contribution in [-0.4, -0.2) is 193 Å². The second-order valence-electron chi connectivity index (χ2n) is 25.0. The van der Waals surface area contributed by atoms with Gasteiger partial charge < -0.3 is 89.9 Å². The van der Waals surface area contributed by atoms with Crippen LogP contribution in [0.5, 0.6) is 0 Å². The highest BCUT2D eigenvalue weighted by atomic mass is 16.8. The van der Waals surface area contributed by atoms with Crippen LogP contribution in [0.4, 0.5) is 0 Å². The lowest BCUT2D eigenvalue weighted by Gasteiger charge is -2.48. The number of allylic oxidation sites excluding steroid dienone is 7. The quantitative estimate of drug-likeness (QED) is 0.0200. The third-order valence-electron chi connectivity index (χ3n) is 17.3. The second-order valence-corrected chi connectivity index (χ2v) is 25.0. The molecule has 0 bridgehead atoms. The summed E-state index contributed by atoms with van der Waals surface area (Å²) in [4.78, 5) is 13.4. The van der Waals surface area contributed by atoms with E-state index in [2.05, 4.69) is 55.6 Å². The van der Waals surface area contributed by atoms with Gasteiger partial charge in [0.05, 0.1) is 38.6 Å². The summed E-state index contributed by atoms with van der Waals surface area (Å²) in [5.74, 6) is -0.289. The van der Waals surface area contributed by atoms with E-state index in [0.29, 0.717) is 12.8 Å². The fourth-order valence-electron chi connectivity index (χ4n) is 11.6. The van der Waals surface area contributed by atoms with Crippen molar-refractivity contribution in [2.24, 2.45) is 0 Å². The molecular weight excluding hydrogens is 1130 g/mol. The van der Waals surface area contributed by atoms with Crippen LogP contribution in [0.1, 0.15) is 251 Å². The maximum atomic E-state index is 13.4. The van der Waals surface area contributed by atoms with Gasteiger partial charge in [-0.25, -0.2) is 0 Å². The molecule has 0 aromatic rings. The zero-order chi connectivity index (χ0) is 64.0. The minimum absolute atomic E-state index is 0.231. The number of hydrogen-bond donors (Lipinski definition) is 12. The first-order chi connectivity index (χ1) is 42.8. The van der Waals surface area contributed by atoms with Crippen LogP contribution in [0.25, 0.3) is 0 Å². The molecule has 3 fully saturated rings. The van der Waals surface area contributed by atoms with E-state index in [9.17, 15) is 61.0 Å². The first kappa shape index (κ1) is 80.0. The van der Waals surface area contributed by atoms with Crippen molar-refractivity contribution in [3.8, 4) is 0 Å². The Hall–Kier alpha value is -2.25. The number of hydrogen-bond acceptors (Lipinski definition) is 18. The number of carbonyl (C=O) groups excluding carboxylic acids is 1. The molecule has 0 aromatic carbocycles. The van der Waals surface area contributed by atoms with Gasteiger partial charge in [-0.15, -0.1) is 0 Å². The largest absolute Gasteiger partial charge is 0.394 e. The van der Waals surface area contributed by atoms with Crippen molar-refractivity contribution in [1.29, 1.82) is 0 Å². The van der Waals surface area contributed by atoms with Crippen LogP contribution in [0.3, 0.4) is 0 Å². The van der Waals surface area contributed by atoms with Crippen molar-refractivity contribution in [3.05, 3.63) is 48.6 Å². The third kappa shape index (κ3) is 33.0. The van der Waals surface area contributed by atoms with Crippen molar-refractivity contribution >= 4 is 5.91 Å². The summed E-state index contributed by atoms with van der Waals surface area (Å²) in [6.07, 6.45) is 33.7. The van der Waals surface area contributed by atoms with E-state index in [4.69, 9.17) is 28.4 Å². The van der Waals surface area contributed by atoms with Crippen molar-refractivity contribution < 1.29 is 89.4 Å². The maximum Gasteiger partial charge on any atom is 0.220 e. The molecule has 0 spiro atoms.